The lowest BCUT2D eigenvalue weighted by atomic mass is 10.2. The molecule has 3 rings (SSSR count). The summed E-state index contributed by atoms with van der Waals surface area (Å²) in [5.41, 5.74) is 6.11. The molecule has 19 heavy (non-hydrogen) atoms. The molecule has 0 spiro atoms. The van der Waals surface area contributed by atoms with Crippen LogP contribution in [0.5, 0.6) is 0 Å². The second-order valence-corrected chi connectivity index (χ2v) is 5.54. The molecule has 0 unspecified atom stereocenters. The molecule has 0 atom stereocenters. The Labute approximate surface area is 113 Å². The Morgan fingerprint density at radius 2 is 2.05 bits per heavy atom. The maximum absolute atomic E-state index is 12.3. The summed E-state index contributed by atoms with van der Waals surface area (Å²) in [5, 5.41) is 0. The van der Waals surface area contributed by atoms with Crippen molar-refractivity contribution in [2.75, 3.05) is 32.7 Å². The minimum Gasteiger partial charge on any atom is -0.467 e. The van der Waals surface area contributed by atoms with Crippen molar-refractivity contribution in [3.8, 4) is 0 Å². The molecule has 1 aromatic rings. The van der Waals surface area contributed by atoms with Gasteiger partial charge in [-0.05, 0) is 24.8 Å². The van der Waals surface area contributed by atoms with Gasteiger partial charge in [-0.2, -0.15) is 0 Å². The highest BCUT2D eigenvalue weighted by molar-refractivity contribution is 5.94. The van der Waals surface area contributed by atoms with Crippen molar-refractivity contribution in [1.82, 2.24) is 9.80 Å². The predicted molar refractivity (Wildman–Crippen MR) is 71.7 cm³/mol. The Morgan fingerprint density at radius 3 is 2.63 bits per heavy atom. The van der Waals surface area contributed by atoms with Crippen LogP contribution >= 0.6 is 0 Å². The standard InChI is InChI=1S/C14H21N3O2/c15-8-13-7-12(10-19-13)14(18)17-5-3-16(4-6-17)9-11-1-2-11/h7,10-11H,1-6,8-9,15H2. The monoisotopic (exact) mass is 263 g/mol. The molecule has 5 heteroatoms. The highest BCUT2D eigenvalue weighted by atomic mass is 16.3. The summed E-state index contributed by atoms with van der Waals surface area (Å²) in [7, 11) is 0. The molecule has 0 bridgehead atoms. The number of amides is 1. The summed E-state index contributed by atoms with van der Waals surface area (Å²) in [6, 6.07) is 1.75. The molecule has 0 radical (unpaired) electrons. The summed E-state index contributed by atoms with van der Waals surface area (Å²) in [6.45, 7) is 5.16. The van der Waals surface area contributed by atoms with Crippen molar-refractivity contribution in [2.24, 2.45) is 11.7 Å². The summed E-state index contributed by atoms with van der Waals surface area (Å²) < 4.78 is 5.22. The Morgan fingerprint density at radius 1 is 1.32 bits per heavy atom. The molecule has 1 aliphatic heterocycles. The lowest BCUT2D eigenvalue weighted by Crippen LogP contribution is -2.49. The van der Waals surface area contributed by atoms with Crippen molar-refractivity contribution < 1.29 is 9.21 Å². The molecule has 1 aliphatic carbocycles. The summed E-state index contributed by atoms with van der Waals surface area (Å²) in [6.07, 6.45) is 4.28. The van der Waals surface area contributed by atoms with Crippen LogP contribution in [0, 0.1) is 5.92 Å². The third-order valence-corrected chi connectivity index (χ3v) is 3.97. The van der Waals surface area contributed by atoms with E-state index in [2.05, 4.69) is 4.90 Å². The van der Waals surface area contributed by atoms with Gasteiger partial charge in [0.15, 0.2) is 0 Å². The Kier molecular flexibility index (Phi) is 3.57. The maximum Gasteiger partial charge on any atom is 0.257 e. The minimum atomic E-state index is 0.0644. The van der Waals surface area contributed by atoms with Gasteiger partial charge in [0.1, 0.15) is 12.0 Å². The van der Waals surface area contributed by atoms with Gasteiger partial charge >= 0.3 is 0 Å². The van der Waals surface area contributed by atoms with Crippen LogP contribution in [0.1, 0.15) is 29.0 Å². The average Bonchev–Trinajstić information content (AvgIpc) is 3.12. The van der Waals surface area contributed by atoms with Crippen molar-refractivity contribution >= 4 is 5.91 Å². The number of piperazine rings is 1. The predicted octanol–water partition coefficient (Wildman–Crippen LogP) is 0.906. The summed E-state index contributed by atoms with van der Waals surface area (Å²) >= 11 is 0. The zero-order valence-corrected chi connectivity index (χ0v) is 11.2. The molecular weight excluding hydrogens is 242 g/mol. The normalized spacial score (nSPS) is 20.8. The molecule has 2 N–H and O–H groups in total. The van der Waals surface area contributed by atoms with Crippen LogP contribution < -0.4 is 5.73 Å². The third kappa shape index (κ3) is 2.98. The molecule has 0 aromatic carbocycles. The third-order valence-electron chi connectivity index (χ3n) is 3.97. The van der Waals surface area contributed by atoms with Gasteiger partial charge in [0.05, 0.1) is 12.1 Å². The average molecular weight is 263 g/mol. The van der Waals surface area contributed by atoms with Crippen molar-refractivity contribution in [3.63, 3.8) is 0 Å². The van der Waals surface area contributed by atoms with Crippen molar-refractivity contribution in [1.29, 1.82) is 0 Å². The first kappa shape index (κ1) is 12.7. The highest BCUT2D eigenvalue weighted by Crippen LogP contribution is 2.30. The quantitative estimate of drug-likeness (QED) is 0.877. The number of carbonyl (C=O) groups is 1. The molecule has 2 fully saturated rings. The molecule has 1 saturated heterocycles. The van der Waals surface area contributed by atoms with Gasteiger partial charge in [-0.3, -0.25) is 9.69 Å². The molecule has 104 valence electrons. The van der Waals surface area contributed by atoms with E-state index in [4.69, 9.17) is 10.2 Å². The van der Waals surface area contributed by atoms with Gasteiger partial charge in [-0.15, -0.1) is 0 Å². The second-order valence-electron chi connectivity index (χ2n) is 5.54. The zero-order valence-electron chi connectivity index (χ0n) is 11.2. The van der Waals surface area contributed by atoms with E-state index in [0.29, 0.717) is 17.9 Å². The fourth-order valence-electron chi connectivity index (χ4n) is 2.58. The molecular formula is C14H21N3O2. The van der Waals surface area contributed by atoms with Crippen LogP contribution in [0.3, 0.4) is 0 Å². The lowest BCUT2D eigenvalue weighted by molar-refractivity contribution is 0.0631. The van der Waals surface area contributed by atoms with Gasteiger partial charge in [0, 0.05) is 32.7 Å². The van der Waals surface area contributed by atoms with E-state index in [1.54, 1.807) is 6.07 Å². The largest absolute Gasteiger partial charge is 0.467 e. The lowest BCUT2D eigenvalue weighted by Gasteiger charge is -2.34. The van der Waals surface area contributed by atoms with E-state index in [-0.39, 0.29) is 5.91 Å². The van der Waals surface area contributed by atoms with E-state index in [9.17, 15) is 4.79 Å². The highest BCUT2D eigenvalue weighted by Gasteiger charge is 2.28. The molecule has 5 nitrogen and oxygen atoms in total. The SMILES string of the molecule is NCc1cc(C(=O)N2CCN(CC3CC3)CC2)co1. The maximum atomic E-state index is 12.3. The fourth-order valence-corrected chi connectivity index (χ4v) is 2.58. The van der Waals surface area contributed by atoms with Crippen molar-refractivity contribution in [3.05, 3.63) is 23.7 Å². The molecule has 1 aromatic heterocycles. The fraction of sp³-hybridized carbons (Fsp3) is 0.643. The number of furan rings is 1. The minimum absolute atomic E-state index is 0.0644. The van der Waals surface area contributed by atoms with Gasteiger partial charge < -0.3 is 15.1 Å². The summed E-state index contributed by atoms with van der Waals surface area (Å²) in [4.78, 5) is 16.7. The van der Waals surface area contributed by atoms with E-state index >= 15 is 0 Å². The topological polar surface area (TPSA) is 62.7 Å². The molecule has 2 aliphatic rings. The van der Waals surface area contributed by atoms with E-state index in [0.717, 1.165) is 32.1 Å². The van der Waals surface area contributed by atoms with Crippen LogP contribution in [0.15, 0.2) is 16.7 Å². The van der Waals surface area contributed by atoms with E-state index in [1.807, 2.05) is 4.90 Å². The zero-order chi connectivity index (χ0) is 13.2. The number of nitrogens with two attached hydrogens (primary N) is 1. The van der Waals surface area contributed by atoms with E-state index in [1.165, 1.54) is 25.6 Å². The first-order valence-electron chi connectivity index (χ1n) is 7.05. The van der Waals surface area contributed by atoms with Crippen LogP contribution in [0.25, 0.3) is 0 Å². The van der Waals surface area contributed by atoms with Crippen LogP contribution in [0.2, 0.25) is 0 Å². The number of rotatable bonds is 4. The number of nitrogens with zero attached hydrogens (tertiary/aromatic N) is 2. The van der Waals surface area contributed by atoms with Gasteiger partial charge in [0.2, 0.25) is 0 Å². The number of hydrogen-bond acceptors (Lipinski definition) is 4. The number of carbonyl (C=O) groups excluding carboxylic acids is 1. The first-order valence-corrected chi connectivity index (χ1v) is 7.05. The van der Waals surface area contributed by atoms with Gasteiger partial charge in [-0.25, -0.2) is 0 Å². The molecule has 2 heterocycles. The van der Waals surface area contributed by atoms with Gasteiger partial charge in [0.25, 0.3) is 5.91 Å². The first-order chi connectivity index (χ1) is 9.26. The molecule has 1 saturated carbocycles. The molecule has 1 amide bonds. The summed E-state index contributed by atoms with van der Waals surface area (Å²) in [5.74, 6) is 1.65. The van der Waals surface area contributed by atoms with Crippen LogP contribution in [-0.4, -0.2) is 48.4 Å². The van der Waals surface area contributed by atoms with Crippen LogP contribution in [-0.2, 0) is 6.54 Å². The number of hydrogen-bond donors (Lipinski definition) is 1. The second kappa shape index (κ2) is 5.35. The van der Waals surface area contributed by atoms with Crippen molar-refractivity contribution in [2.45, 2.75) is 19.4 Å². The Bertz CT molecular complexity index is 445. The Balaban J connectivity index is 1.53. The van der Waals surface area contributed by atoms with E-state index < -0.39 is 0 Å². The van der Waals surface area contributed by atoms with Crippen LogP contribution in [0.4, 0.5) is 0 Å². The smallest absolute Gasteiger partial charge is 0.257 e. The van der Waals surface area contributed by atoms with Gasteiger partial charge in [-0.1, -0.05) is 0 Å². The Hall–Kier alpha value is -1.33.